The van der Waals surface area contributed by atoms with Gasteiger partial charge in [-0.1, -0.05) is 6.92 Å². The van der Waals surface area contributed by atoms with Crippen LogP contribution < -0.4 is 0 Å². The number of aliphatic carboxylic acids is 1. The predicted molar refractivity (Wildman–Crippen MR) is 69.2 cm³/mol. The van der Waals surface area contributed by atoms with Crippen molar-refractivity contribution < 1.29 is 9.90 Å². The summed E-state index contributed by atoms with van der Waals surface area (Å²) in [5, 5.41) is 9.11. The number of likely N-dealkylation sites (N-methyl/N-ethyl adjacent to an activating group) is 2. The van der Waals surface area contributed by atoms with Crippen LogP contribution in [-0.4, -0.2) is 60.1 Å². The quantitative estimate of drug-likeness (QED) is 0.767. The van der Waals surface area contributed by atoms with Crippen molar-refractivity contribution in [3.05, 3.63) is 0 Å². The zero-order valence-electron chi connectivity index (χ0n) is 11.6. The summed E-state index contributed by atoms with van der Waals surface area (Å²) in [4.78, 5) is 15.7. The molecule has 1 aliphatic rings. The largest absolute Gasteiger partial charge is 0.481 e. The van der Waals surface area contributed by atoms with Crippen molar-refractivity contribution in [3.8, 4) is 0 Å². The molecule has 0 amide bonds. The van der Waals surface area contributed by atoms with E-state index in [4.69, 9.17) is 5.11 Å². The van der Waals surface area contributed by atoms with Crippen molar-refractivity contribution in [3.63, 3.8) is 0 Å². The van der Waals surface area contributed by atoms with Crippen molar-refractivity contribution in [1.82, 2.24) is 9.80 Å². The average molecular weight is 242 g/mol. The second-order valence-corrected chi connectivity index (χ2v) is 5.81. The Labute approximate surface area is 105 Å². The highest BCUT2D eigenvalue weighted by Crippen LogP contribution is 2.20. The monoisotopic (exact) mass is 242 g/mol. The summed E-state index contributed by atoms with van der Waals surface area (Å²) >= 11 is 0. The molecular weight excluding hydrogens is 216 g/mol. The molecule has 1 unspecified atom stereocenters. The summed E-state index contributed by atoms with van der Waals surface area (Å²) in [5.41, 5.74) is -0.662. The van der Waals surface area contributed by atoms with E-state index in [9.17, 15) is 4.79 Å². The zero-order valence-corrected chi connectivity index (χ0v) is 11.6. The van der Waals surface area contributed by atoms with Crippen LogP contribution in [0.2, 0.25) is 0 Å². The smallest absolute Gasteiger partial charge is 0.310 e. The fourth-order valence-corrected chi connectivity index (χ4v) is 2.68. The Bertz CT molecular complexity index is 266. The number of rotatable bonds is 6. The van der Waals surface area contributed by atoms with Gasteiger partial charge < -0.3 is 10.0 Å². The summed E-state index contributed by atoms with van der Waals surface area (Å²) in [7, 11) is 2.02. The Kier molecular flexibility index (Phi) is 4.95. The lowest BCUT2D eigenvalue weighted by atomic mass is 9.93. The summed E-state index contributed by atoms with van der Waals surface area (Å²) in [5.74, 6) is -0.719. The first-order chi connectivity index (χ1) is 7.86. The van der Waals surface area contributed by atoms with E-state index in [-0.39, 0.29) is 0 Å². The van der Waals surface area contributed by atoms with E-state index in [1.165, 1.54) is 19.4 Å². The molecule has 4 nitrogen and oxygen atoms in total. The molecule has 0 radical (unpaired) electrons. The number of carbonyl (C=O) groups is 1. The van der Waals surface area contributed by atoms with E-state index in [0.717, 1.165) is 13.1 Å². The third kappa shape index (κ3) is 3.96. The lowest BCUT2D eigenvalue weighted by Crippen LogP contribution is -2.43. The molecule has 0 aromatic rings. The van der Waals surface area contributed by atoms with Crippen LogP contribution in [0.4, 0.5) is 0 Å². The molecule has 0 bridgehead atoms. The molecule has 0 spiro atoms. The second-order valence-electron chi connectivity index (χ2n) is 5.81. The van der Waals surface area contributed by atoms with Crippen molar-refractivity contribution in [2.75, 3.05) is 33.2 Å². The Morgan fingerprint density at radius 3 is 2.71 bits per heavy atom. The fraction of sp³-hybridized carbons (Fsp3) is 0.923. The van der Waals surface area contributed by atoms with Crippen molar-refractivity contribution in [2.45, 2.75) is 39.7 Å². The molecule has 0 aliphatic carbocycles. The maximum Gasteiger partial charge on any atom is 0.310 e. The van der Waals surface area contributed by atoms with Gasteiger partial charge >= 0.3 is 5.97 Å². The third-order valence-electron chi connectivity index (χ3n) is 3.67. The van der Waals surface area contributed by atoms with E-state index in [1.807, 2.05) is 7.05 Å². The molecule has 1 fully saturated rings. The van der Waals surface area contributed by atoms with E-state index in [1.54, 1.807) is 13.8 Å². The maximum atomic E-state index is 11.1. The van der Waals surface area contributed by atoms with Crippen LogP contribution in [0.1, 0.15) is 33.6 Å². The minimum absolute atomic E-state index is 0.606. The van der Waals surface area contributed by atoms with Crippen molar-refractivity contribution in [1.29, 1.82) is 0 Å². The molecule has 4 heteroatoms. The topological polar surface area (TPSA) is 43.8 Å². The van der Waals surface area contributed by atoms with Crippen LogP contribution in [0.3, 0.4) is 0 Å². The Morgan fingerprint density at radius 1 is 1.53 bits per heavy atom. The lowest BCUT2D eigenvalue weighted by molar-refractivity contribution is -0.147. The van der Waals surface area contributed by atoms with Crippen LogP contribution in [-0.2, 0) is 4.79 Å². The van der Waals surface area contributed by atoms with Crippen molar-refractivity contribution in [2.24, 2.45) is 5.41 Å². The van der Waals surface area contributed by atoms with Crippen LogP contribution in [0, 0.1) is 5.41 Å². The number of carboxylic acids is 1. The van der Waals surface area contributed by atoms with Gasteiger partial charge in [-0.25, -0.2) is 0 Å². The second kappa shape index (κ2) is 5.83. The zero-order chi connectivity index (χ0) is 13.1. The van der Waals surface area contributed by atoms with Gasteiger partial charge in [-0.15, -0.1) is 0 Å². The number of likely N-dealkylation sites (tertiary alicyclic amines) is 1. The lowest BCUT2D eigenvalue weighted by Gasteiger charge is -2.31. The van der Waals surface area contributed by atoms with Crippen LogP contribution in [0.5, 0.6) is 0 Å². The highest BCUT2D eigenvalue weighted by Gasteiger charge is 2.31. The van der Waals surface area contributed by atoms with Gasteiger partial charge in [0.05, 0.1) is 5.41 Å². The maximum absolute atomic E-state index is 11.1. The molecular formula is C13H26N2O2. The SMILES string of the molecule is CCN1CCCC1CN(C)CC(C)(C)C(=O)O. The molecule has 1 aliphatic heterocycles. The van der Waals surface area contributed by atoms with Gasteiger partial charge in [0.2, 0.25) is 0 Å². The van der Waals surface area contributed by atoms with Crippen molar-refractivity contribution >= 4 is 5.97 Å². The Morgan fingerprint density at radius 2 is 2.18 bits per heavy atom. The standard InChI is InChI=1S/C13H26N2O2/c1-5-15-8-6-7-11(15)9-14(4)10-13(2,3)12(16)17/h11H,5-10H2,1-4H3,(H,16,17). The minimum atomic E-state index is -0.719. The number of hydrogen-bond acceptors (Lipinski definition) is 3. The van der Waals surface area contributed by atoms with Crippen LogP contribution in [0.15, 0.2) is 0 Å². The first-order valence-electron chi connectivity index (χ1n) is 6.53. The fourth-order valence-electron chi connectivity index (χ4n) is 2.68. The van der Waals surface area contributed by atoms with Gasteiger partial charge in [0.15, 0.2) is 0 Å². The molecule has 0 aromatic heterocycles. The van der Waals surface area contributed by atoms with Crippen LogP contribution >= 0.6 is 0 Å². The molecule has 1 atom stereocenters. The van der Waals surface area contributed by atoms with E-state index in [2.05, 4.69) is 16.7 Å². The molecule has 1 saturated heterocycles. The molecule has 1 rings (SSSR count). The van der Waals surface area contributed by atoms with Gasteiger partial charge in [-0.3, -0.25) is 9.69 Å². The predicted octanol–water partition coefficient (Wildman–Crippen LogP) is 1.51. The molecule has 17 heavy (non-hydrogen) atoms. The first-order valence-corrected chi connectivity index (χ1v) is 6.53. The van der Waals surface area contributed by atoms with E-state index in [0.29, 0.717) is 12.6 Å². The molecule has 1 N–H and O–H groups in total. The highest BCUT2D eigenvalue weighted by molar-refractivity contribution is 5.73. The molecule has 100 valence electrons. The Balaban J connectivity index is 2.44. The van der Waals surface area contributed by atoms with Gasteiger partial charge in [0.25, 0.3) is 0 Å². The Hall–Kier alpha value is -0.610. The molecule has 1 heterocycles. The van der Waals surface area contributed by atoms with Gasteiger partial charge in [-0.2, -0.15) is 0 Å². The number of nitrogens with zero attached hydrogens (tertiary/aromatic N) is 2. The summed E-state index contributed by atoms with van der Waals surface area (Å²) in [6.07, 6.45) is 2.51. The number of hydrogen-bond donors (Lipinski definition) is 1. The molecule has 0 saturated carbocycles. The number of carboxylic acid groups (broad SMARTS) is 1. The first kappa shape index (κ1) is 14.5. The summed E-state index contributed by atoms with van der Waals surface area (Å²) in [6, 6.07) is 0.606. The highest BCUT2D eigenvalue weighted by atomic mass is 16.4. The normalized spacial score (nSPS) is 22.3. The van der Waals surface area contributed by atoms with Crippen LogP contribution in [0.25, 0.3) is 0 Å². The summed E-state index contributed by atoms with van der Waals surface area (Å²) < 4.78 is 0. The van der Waals surface area contributed by atoms with E-state index >= 15 is 0 Å². The van der Waals surface area contributed by atoms with E-state index < -0.39 is 11.4 Å². The van der Waals surface area contributed by atoms with Gasteiger partial charge in [-0.05, 0) is 46.8 Å². The van der Waals surface area contributed by atoms with Gasteiger partial charge in [0.1, 0.15) is 0 Å². The molecule has 0 aromatic carbocycles. The summed E-state index contributed by atoms with van der Waals surface area (Å²) in [6.45, 7) is 9.65. The van der Waals surface area contributed by atoms with Gasteiger partial charge in [0, 0.05) is 19.1 Å². The third-order valence-corrected chi connectivity index (χ3v) is 3.67. The average Bonchev–Trinajstić information content (AvgIpc) is 2.63. The minimum Gasteiger partial charge on any atom is -0.481 e.